The van der Waals surface area contributed by atoms with Gasteiger partial charge < -0.3 is 19.0 Å². The molecule has 0 saturated heterocycles. The summed E-state index contributed by atoms with van der Waals surface area (Å²) in [6.07, 6.45) is 11.1. The van der Waals surface area contributed by atoms with E-state index in [-0.39, 0.29) is 12.8 Å². The summed E-state index contributed by atoms with van der Waals surface area (Å²) in [6, 6.07) is 0. The Balaban J connectivity index is 1.70. The van der Waals surface area contributed by atoms with Gasteiger partial charge in [-0.1, -0.05) is 0 Å². The maximum absolute atomic E-state index is 9.19. The van der Waals surface area contributed by atoms with E-state index in [4.69, 9.17) is 4.74 Å². The van der Waals surface area contributed by atoms with Crippen LogP contribution in [0.25, 0.3) is 0 Å². The molecule has 0 aliphatic carbocycles. The van der Waals surface area contributed by atoms with E-state index in [1.54, 1.807) is 35.8 Å². The third-order valence-corrected chi connectivity index (χ3v) is 2.44. The van der Waals surface area contributed by atoms with Gasteiger partial charge in [-0.15, -0.1) is 0 Å². The van der Waals surface area contributed by atoms with Crippen molar-refractivity contribution in [3.8, 4) is 0 Å². The monoisotopic (exact) mass is 236 g/mol. The smallest absolute Gasteiger partial charge is 0.157 e. The number of aliphatic hydroxyl groups is 1. The molecule has 6 nitrogen and oxygen atoms in total. The molecule has 0 radical (unpaired) electrons. The van der Waals surface area contributed by atoms with Gasteiger partial charge in [-0.25, -0.2) is 9.97 Å². The van der Waals surface area contributed by atoms with Crippen molar-refractivity contribution in [2.75, 3.05) is 13.2 Å². The van der Waals surface area contributed by atoms with E-state index in [1.807, 2.05) is 10.8 Å². The number of imidazole rings is 2. The predicted molar refractivity (Wildman–Crippen MR) is 61.1 cm³/mol. The zero-order valence-corrected chi connectivity index (χ0v) is 9.51. The van der Waals surface area contributed by atoms with Crippen molar-refractivity contribution in [1.82, 2.24) is 19.1 Å². The average molecular weight is 236 g/mol. The lowest BCUT2D eigenvalue weighted by Gasteiger charge is -2.16. The molecule has 0 bridgehead atoms. The first-order valence-electron chi connectivity index (χ1n) is 5.56. The summed E-state index contributed by atoms with van der Waals surface area (Å²) in [7, 11) is 0. The number of aromatic nitrogens is 4. The normalized spacial score (nSPS) is 12.8. The molecule has 1 atom stereocenters. The topological polar surface area (TPSA) is 65.1 Å². The van der Waals surface area contributed by atoms with Crippen LogP contribution in [0.3, 0.4) is 0 Å². The van der Waals surface area contributed by atoms with E-state index in [1.165, 1.54) is 0 Å². The van der Waals surface area contributed by atoms with Crippen molar-refractivity contribution in [1.29, 1.82) is 0 Å². The predicted octanol–water partition coefficient (Wildman–Crippen LogP) is 0.677. The van der Waals surface area contributed by atoms with Crippen molar-refractivity contribution in [2.45, 2.75) is 19.2 Å². The minimum Gasteiger partial charge on any atom is -0.392 e. The van der Waals surface area contributed by atoms with Gasteiger partial charge in [0.15, 0.2) is 6.23 Å². The molecular formula is C11H16N4O2. The largest absolute Gasteiger partial charge is 0.392 e. The second-order valence-corrected chi connectivity index (χ2v) is 3.67. The maximum Gasteiger partial charge on any atom is 0.157 e. The van der Waals surface area contributed by atoms with Crippen LogP contribution in [-0.2, 0) is 11.3 Å². The highest BCUT2D eigenvalue weighted by Crippen LogP contribution is 2.07. The Hall–Kier alpha value is -1.66. The molecule has 2 aromatic rings. The van der Waals surface area contributed by atoms with E-state index >= 15 is 0 Å². The Labute approximate surface area is 99.5 Å². The summed E-state index contributed by atoms with van der Waals surface area (Å²) in [5, 5.41) is 9.19. The molecule has 0 fully saturated rings. The average Bonchev–Trinajstić information content (AvgIpc) is 3.01. The first-order valence-corrected chi connectivity index (χ1v) is 5.56. The number of hydrogen-bond acceptors (Lipinski definition) is 4. The summed E-state index contributed by atoms with van der Waals surface area (Å²) in [5.41, 5.74) is 0. The summed E-state index contributed by atoms with van der Waals surface area (Å²) >= 11 is 0. The van der Waals surface area contributed by atoms with Crippen LogP contribution in [0.4, 0.5) is 0 Å². The summed E-state index contributed by atoms with van der Waals surface area (Å²) in [6.45, 7) is 1.39. The van der Waals surface area contributed by atoms with Gasteiger partial charge in [-0.05, 0) is 6.42 Å². The summed E-state index contributed by atoms with van der Waals surface area (Å²) < 4.78 is 9.31. The standard InChI is InChI=1S/C11H16N4O2/c16-8-11(15-6-3-13-10-15)17-7-1-4-14-5-2-12-9-14/h2-3,5-6,9-11,16H,1,4,7-8H2. The lowest BCUT2D eigenvalue weighted by atomic mass is 10.4. The number of rotatable bonds is 7. The molecule has 1 N–H and O–H groups in total. The Bertz CT molecular complexity index is 399. The molecule has 0 aromatic carbocycles. The molecule has 6 heteroatoms. The van der Waals surface area contributed by atoms with Gasteiger partial charge in [-0.2, -0.15) is 0 Å². The molecule has 0 amide bonds. The van der Waals surface area contributed by atoms with Gasteiger partial charge in [0.2, 0.25) is 0 Å². The van der Waals surface area contributed by atoms with Crippen molar-refractivity contribution in [3.05, 3.63) is 37.4 Å². The van der Waals surface area contributed by atoms with Gasteiger partial charge in [0.1, 0.15) is 0 Å². The molecule has 0 aliphatic rings. The molecule has 2 aromatic heterocycles. The highest BCUT2D eigenvalue weighted by atomic mass is 16.5. The number of nitrogens with zero attached hydrogens (tertiary/aromatic N) is 4. The molecule has 17 heavy (non-hydrogen) atoms. The third kappa shape index (κ3) is 3.40. The van der Waals surface area contributed by atoms with Gasteiger partial charge in [0, 0.05) is 31.3 Å². The van der Waals surface area contributed by atoms with Crippen LogP contribution in [0.1, 0.15) is 12.6 Å². The molecule has 0 spiro atoms. The van der Waals surface area contributed by atoms with Crippen LogP contribution in [0, 0.1) is 0 Å². The zero-order chi connectivity index (χ0) is 11.9. The molecule has 92 valence electrons. The van der Waals surface area contributed by atoms with E-state index in [9.17, 15) is 5.11 Å². The summed E-state index contributed by atoms with van der Waals surface area (Å²) in [4.78, 5) is 7.88. The van der Waals surface area contributed by atoms with Crippen molar-refractivity contribution in [2.24, 2.45) is 0 Å². The fourth-order valence-corrected chi connectivity index (χ4v) is 1.56. The number of hydrogen-bond donors (Lipinski definition) is 1. The van der Waals surface area contributed by atoms with E-state index in [2.05, 4.69) is 9.97 Å². The van der Waals surface area contributed by atoms with Gasteiger partial charge >= 0.3 is 0 Å². The fraction of sp³-hybridized carbons (Fsp3) is 0.455. The highest BCUT2D eigenvalue weighted by molar-refractivity contribution is 4.77. The van der Waals surface area contributed by atoms with Crippen molar-refractivity contribution in [3.63, 3.8) is 0 Å². The quantitative estimate of drug-likeness (QED) is 0.718. The number of aliphatic hydroxyl groups excluding tert-OH is 1. The fourth-order valence-electron chi connectivity index (χ4n) is 1.56. The van der Waals surface area contributed by atoms with Crippen LogP contribution in [0.5, 0.6) is 0 Å². The number of aryl methyl sites for hydroxylation is 1. The van der Waals surface area contributed by atoms with E-state index in [0.29, 0.717) is 6.61 Å². The van der Waals surface area contributed by atoms with Crippen LogP contribution in [-0.4, -0.2) is 37.4 Å². The molecule has 0 saturated carbocycles. The molecule has 2 rings (SSSR count). The van der Waals surface area contributed by atoms with E-state index < -0.39 is 0 Å². The molecular weight excluding hydrogens is 220 g/mol. The first-order chi connectivity index (χ1) is 8.40. The van der Waals surface area contributed by atoms with E-state index in [0.717, 1.165) is 13.0 Å². The third-order valence-electron chi connectivity index (χ3n) is 2.44. The lowest BCUT2D eigenvalue weighted by molar-refractivity contribution is -0.0362. The van der Waals surface area contributed by atoms with Gasteiger partial charge in [-0.3, -0.25) is 0 Å². The van der Waals surface area contributed by atoms with Crippen LogP contribution >= 0.6 is 0 Å². The minimum atomic E-state index is -0.347. The minimum absolute atomic E-state index is 0.0541. The highest BCUT2D eigenvalue weighted by Gasteiger charge is 2.08. The van der Waals surface area contributed by atoms with Gasteiger partial charge in [0.25, 0.3) is 0 Å². The second-order valence-electron chi connectivity index (χ2n) is 3.67. The zero-order valence-electron chi connectivity index (χ0n) is 9.51. The van der Waals surface area contributed by atoms with Crippen LogP contribution < -0.4 is 0 Å². The Morgan fingerprint density at radius 3 is 2.65 bits per heavy atom. The number of ether oxygens (including phenoxy) is 1. The molecule has 2 heterocycles. The maximum atomic E-state index is 9.19. The molecule has 0 aliphatic heterocycles. The van der Waals surface area contributed by atoms with Crippen LogP contribution in [0.15, 0.2) is 37.4 Å². The van der Waals surface area contributed by atoms with Crippen molar-refractivity contribution < 1.29 is 9.84 Å². The first kappa shape index (κ1) is 11.8. The summed E-state index contributed by atoms with van der Waals surface area (Å²) in [5.74, 6) is 0. The molecule has 1 unspecified atom stereocenters. The van der Waals surface area contributed by atoms with Crippen molar-refractivity contribution >= 4 is 0 Å². The Morgan fingerprint density at radius 2 is 2.00 bits per heavy atom. The Morgan fingerprint density at radius 1 is 1.18 bits per heavy atom. The second kappa shape index (κ2) is 6.17. The lowest BCUT2D eigenvalue weighted by Crippen LogP contribution is -2.16. The van der Waals surface area contributed by atoms with Crippen LogP contribution in [0.2, 0.25) is 0 Å². The SMILES string of the molecule is OCC(OCCCn1ccnc1)n1ccnc1. The Kier molecular flexibility index (Phi) is 4.29. The van der Waals surface area contributed by atoms with Gasteiger partial charge in [0.05, 0.1) is 25.9 Å².